The van der Waals surface area contributed by atoms with E-state index in [2.05, 4.69) is 6.58 Å². The Bertz CT molecular complexity index is 2170. The number of anilines is 2. The Morgan fingerprint density at radius 3 is 2.08 bits per heavy atom. The number of hydrogen-bond donors (Lipinski definition) is 1. The fraction of sp³-hybridized carbons (Fsp3) is 0.243. The smallest absolute Gasteiger partial charge is 0.258 e. The second-order valence-corrected chi connectivity index (χ2v) is 14.1. The van der Waals surface area contributed by atoms with Crippen LogP contribution in [0.1, 0.15) is 24.0 Å². The Balaban J connectivity index is 1.39. The van der Waals surface area contributed by atoms with Crippen LogP contribution in [0.3, 0.4) is 0 Å². The summed E-state index contributed by atoms with van der Waals surface area (Å²) in [4.78, 5) is 52.1. The van der Waals surface area contributed by atoms with Gasteiger partial charge < -0.3 is 9.84 Å². The lowest BCUT2D eigenvalue weighted by molar-refractivity contribution is -0.125. The van der Waals surface area contributed by atoms with Crippen LogP contribution in [-0.4, -0.2) is 45.6 Å². The zero-order chi connectivity index (χ0) is 37.6. The van der Waals surface area contributed by atoms with Crippen molar-refractivity contribution >= 4 is 70.4 Å². The average molecular weight is 760 g/mol. The molecule has 15 heteroatoms. The number of nitrogens with zero attached hydrogens (tertiary/aromatic N) is 2. The van der Waals surface area contributed by atoms with Gasteiger partial charge in [-0.3, -0.25) is 24.1 Å². The molecule has 3 aromatic carbocycles. The molecule has 0 unspecified atom stereocenters. The molecule has 4 aliphatic rings. The van der Waals surface area contributed by atoms with Gasteiger partial charge in [-0.1, -0.05) is 54.7 Å². The predicted molar refractivity (Wildman–Crippen MR) is 180 cm³/mol. The third kappa shape index (κ3) is 4.71. The second-order valence-electron chi connectivity index (χ2n) is 12.8. The molecule has 268 valence electrons. The topological polar surface area (TPSA) is 104 Å². The highest BCUT2D eigenvalue weighted by molar-refractivity contribution is 6.58. The van der Waals surface area contributed by atoms with Gasteiger partial charge in [0.05, 0.1) is 24.6 Å². The average Bonchev–Trinajstić information content (AvgIpc) is 3.48. The quantitative estimate of drug-likeness (QED) is 0.0722. The molecule has 3 aromatic rings. The number of allylic oxidation sites excluding steroid dienone is 3. The van der Waals surface area contributed by atoms with Gasteiger partial charge in [-0.25, -0.2) is 26.9 Å². The molecular formula is C37H25Cl2F5N2O6. The molecule has 2 aliphatic heterocycles. The maximum atomic E-state index is 15.2. The van der Waals surface area contributed by atoms with Crippen LogP contribution in [0.25, 0.3) is 12.2 Å². The number of rotatable bonds is 6. The molecule has 1 N–H and O–H groups in total. The highest BCUT2D eigenvalue weighted by atomic mass is 35.5. The summed E-state index contributed by atoms with van der Waals surface area (Å²) in [5.74, 6) is -21.3. The molecule has 0 spiro atoms. The van der Waals surface area contributed by atoms with E-state index in [4.69, 9.17) is 27.9 Å². The molecule has 6 atom stereocenters. The summed E-state index contributed by atoms with van der Waals surface area (Å²) in [6, 6.07) is 10.6. The molecule has 8 nitrogen and oxygen atoms in total. The van der Waals surface area contributed by atoms with Crippen molar-refractivity contribution in [3.8, 4) is 11.5 Å². The van der Waals surface area contributed by atoms with Crippen molar-refractivity contribution in [2.24, 2.45) is 23.7 Å². The highest BCUT2D eigenvalue weighted by Crippen LogP contribution is 2.64. The summed E-state index contributed by atoms with van der Waals surface area (Å²) in [7, 11) is 1.31. The molecule has 2 saturated heterocycles. The number of phenolic OH excluding ortho intramolecular Hbond substituents is 1. The van der Waals surface area contributed by atoms with Gasteiger partial charge in [0, 0.05) is 5.92 Å². The van der Waals surface area contributed by atoms with Crippen LogP contribution >= 0.6 is 23.2 Å². The maximum Gasteiger partial charge on any atom is 0.258 e. The standard InChI is InChI=1S/C37H25Cl2F5N2O6/c1-3-16-4-8-18(9-5-16)45-32(48)20-11-10-19-21(25(20)33(45)49)15-36(38)34(50)46(31-29(43)27(41)26(40)28(42)30(31)44)35(51)37(36,39)22(19)12-6-17-7-13-23(47)24(14-17)52-2/h3-10,12-14,20-22,25,47H,1,11,15H2,2H3/t20-,21+,22-,25-,36+,37-/m0/s1. The lowest BCUT2D eigenvalue weighted by atomic mass is 9.57. The van der Waals surface area contributed by atoms with Crippen molar-refractivity contribution in [2.75, 3.05) is 16.9 Å². The van der Waals surface area contributed by atoms with E-state index in [1.807, 2.05) is 0 Å². The molecule has 1 saturated carbocycles. The zero-order valence-corrected chi connectivity index (χ0v) is 28.3. The molecule has 2 heterocycles. The van der Waals surface area contributed by atoms with Gasteiger partial charge in [-0.05, 0) is 54.2 Å². The van der Waals surface area contributed by atoms with Crippen molar-refractivity contribution in [1.29, 1.82) is 0 Å². The summed E-state index contributed by atoms with van der Waals surface area (Å²) in [5.41, 5.74) is -0.200. The summed E-state index contributed by atoms with van der Waals surface area (Å²) in [6.45, 7) is 3.69. The van der Waals surface area contributed by atoms with Crippen LogP contribution in [-0.2, 0) is 19.2 Å². The number of halogens is 7. The van der Waals surface area contributed by atoms with Crippen LogP contribution in [0.5, 0.6) is 11.5 Å². The lowest BCUT2D eigenvalue weighted by Gasteiger charge is -2.49. The minimum Gasteiger partial charge on any atom is -0.504 e. The molecule has 0 bridgehead atoms. The van der Waals surface area contributed by atoms with E-state index >= 15 is 8.78 Å². The first-order valence-electron chi connectivity index (χ1n) is 15.8. The number of hydrogen-bond acceptors (Lipinski definition) is 6. The van der Waals surface area contributed by atoms with Gasteiger partial charge in [0.1, 0.15) is 5.69 Å². The van der Waals surface area contributed by atoms with E-state index < -0.39 is 98.2 Å². The van der Waals surface area contributed by atoms with Crippen molar-refractivity contribution in [3.05, 3.63) is 107 Å². The SMILES string of the molecule is C=Cc1ccc(N2C(=O)[C@H]3[C@H](CC=C4[C@H]3C[C@@]3(Cl)C(=O)N(c5c(F)c(F)c(F)c(F)c5F)C(=O)[C@@]3(Cl)[C@H]4C=Cc3ccc(O)c(OC)c3)C2=O)cc1. The third-order valence-electron chi connectivity index (χ3n) is 10.3. The molecule has 0 radical (unpaired) electrons. The first-order chi connectivity index (χ1) is 24.6. The highest BCUT2D eigenvalue weighted by Gasteiger charge is 2.76. The van der Waals surface area contributed by atoms with E-state index in [1.54, 1.807) is 36.4 Å². The number of carbonyl (C=O) groups is 4. The molecule has 2 aliphatic carbocycles. The Morgan fingerprint density at radius 1 is 0.846 bits per heavy atom. The third-order valence-corrected chi connectivity index (χ3v) is 11.8. The fourth-order valence-electron chi connectivity index (χ4n) is 7.83. The largest absolute Gasteiger partial charge is 0.504 e. The van der Waals surface area contributed by atoms with Crippen molar-refractivity contribution in [1.82, 2.24) is 0 Å². The minimum absolute atomic E-state index is 0.00850. The van der Waals surface area contributed by atoms with E-state index in [0.29, 0.717) is 11.1 Å². The van der Waals surface area contributed by atoms with Crippen molar-refractivity contribution in [2.45, 2.75) is 22.6 Å². The summed E-state index contributed by atoms with van der Waals surface area (Å²) < 4.78 is 78.5. The van der Waals surface area contributed by atoms with E-state index in [0.717, 1.165) is 10.5 Å². The van der Waals surface area contributed by atoms with Gasteiger partial charge in [-0.15, -0.1) is 23.2 Å². The van der Waals surface area contributed by atoms with E-state index in [9.17, 15) is 37.5 Å². The molecule has 0 aromatic heterocycles. The lowest BCUT2D eigenvalue weighted by Crippen LogP contribution is -2.60. The first kappa shape index (κ1) is 35.4. The van der Waals surface area contributed by atoms with Gasteiger partial charge in [0.15, 0.2) is 44.5 Å². The van der Waals surface area contributed by atoms with Gasteiger partial charge in [0.25, 0.3) is 11.8 Å². The normalized spacial score (nSPS) is 28.3. The number of amides is 4. The number of alkyl halides is 2. The van der Waals surface area contributed by atoms with Crippen LogP contribution in [0.2, 0.25) is 0 Å². The predicted octanol–water partition coefficient (Wildman–Crippen LogP) is 7.05. The number of ether oxygens (including phenoxy) is 1. The minimum atomic E-state index is -2.65. The monoisotopic (exact) mass is 758 g/mol. The summed E-state index contributed by atoms with van der Waals surface area (Å²) in [5, 5.41) is 10.1. The number of imide groups is 2. The van der Waals surface area contributed by atoms with Gasteiger partial charge in [0.2, 0.25) is 17.6 Å². The Hall–Kier alpha value is -5.01. The number of phenols is 1. The van der Waals surface area contributed by atoms with E-state index in [-0.39, 0.29) is 28.5 Å². The molecule has 52 heavy (non-hydrogen) atoms. The molecule has 7 rings (SSSR count). The van der Waals surface area contributed by atoms with Crippen molar-refractivity contribution in [3.63, 3.8) is 0 Å². The fourth-order valence-corrected chi connectivity index (χ4v) is 8.72. The number of methoxy groups -OCH3 is 1. The van der Waals surface area contributed by atoms with Crippen LogP contribution in [0, 0.1) is 52.8 Å². The second kappa shape index (κ2) is 12.3. The number of benzene rings is 3. The van der Waals surface area contributed by atoms with Gasteiger partial charge >= 0.3 is 0 Å². The summed E-state index contributed by atoms with van der Waals surface area (Å²) in [6.07, 6.45) is 5.32. The van der Waals surface area contributed by atoms with Crippen LogP contribution < -0.4 is 14.5 Å². The number of carbonyl (C=O) groups excluding carboxylic acids is 4. The first-order valence-corrected chi connectivity index (χ1v) is 16.5. The number of aromatic hydroxyl groups is 1. The Labute approximate surface area is 302 Å². The maximum absolute atomic E-state index is 15.2. The van der Waals surface area contributed by atoms with Gasteiger partial charge in [-0.2, -0.15) is 0 Å². The van der Waals surface area contributed by atoms with E-state index in [1.165, 1.54) is 37.5 Å². The summed E-state index contributed by atoms with van der Waals surface area (Å²) >= 11 is 14.2. The van der Waals surface area contributed by atoms with Crippen molar-refractivity contribution < 1.29 is 51.0 Å². The zero-order valence-electron chi connectivity index (χ0n) is 26.8. The van der Waals surface area contributed by atoms with Crippen LogP contribution in [0.15, 0.2) is 66.8 Å². The van der Waals surface area contributed by atoms with Crippen LogP contribution in [0.4, 0.5) is 33.3 Å². The number of fused-ring (bicyclic) bond motifs is 4. The Morgan fingerprint density at radius 2 is 1.46 bits per heavy atom. The Kier molecular flexibility index (Phi) is 8.37. The molecule has 4 amide bonds. The molecular weight excluding hydrogens is 734 g/mol. The molecule has 3 fully saturated rings.